The van der Waals surface area contributed by atoms with Gasteiger partial charge in [0.15, 0.2) is 5.82 Å². The number of carbonyl (C=O) groups is 1. The van der Waals surface area contributed by atoms with E-state index in [9.17, 15) is 4.79 Å². The molecule has 0 radical (unpaired) electrons. The standard InChI is InChI=1S/C20H29ClN6O4/c1-20(2,3)31-19(28)22-12-15(23-13-5-6-14(21)16(11-13)29-4)17-24-18(26-25-17)27-7-9-30-10-8-27/h5-6,11,15,23H,7-10,12H2,1-4H3,(H,22,28)(H,24,25,26). The summed E-state index contributed by atoms with van der Waals surface area (Å²) in [7, 11) is 1.55. The van der Waals surface area contributed by atoms with E-state index in [1.165, 1.54) is 0 Å². The summed E-state index contributed by atoms with van der Waals surface area (Å²) in [6.07, 6.45) is -0.513. The summed E-state index contributed by atoms with van der Waals surface area (Å²) in [6.45, 7) is 8.37. The minimum Gasteiger partial charge on any atom is -0.495 e. The van der Waals surface area contributed by atoms with Crippen LogP contribution in [0.2, 0.25) is 5.02 Å². The maximum atomic E-state index is 12.2. The van der Waals surface area contributed by atoms with Gasteiger partial charge in [-0.2, -0.15) is 4.98 Å². The van der Waals surface area contributed by atoms with E-state index in [-0.39, 0.29) is 6.54 Å². The van der Waals surface area contributed by atoms with Crippen molar-refractivity contribution in [3.8, 4) is 5.75 Å². The molecule has 0 bridgehead atoms. The fourth-order valence-electron chi connectivity index (χ4n) is 2.99. The second-order valence-corrected chi connectivity index (χ2v) is 8.46. The van der Waals surface area contributed by atoms with Crippen molar-refractivity contribution in [1.29, 1.82) is 0 Å². The molecule has 1 aromatic heterocycles. The topological polar surface area (TPSA) is 114 Å². The molecule has 1 aliphatic heterocycles. The number of halogens is 1. The third-order valence-electron chi connectivity index (χ3n) is 4.46. The Labute approximate surface area is 186 Å². The summed E-state index contributed by atoms with van der Waals surface area (Å²) in [4.78, 5) is 18.9. The first-order chi connectivity index (χ1) is 14.7. The predicted octanol–water partition coefficient (Wildman–Crippen LogP) is 2.98. The lowest BCUT2D eigenvalue weighted by Gasteiger charge is -2.25. The van der Waals surface area contributed by atoms with Crippen molar-refractivity contribution in [1.82, 2.24) is 20.5 Å². The van der Waals surface area contributed by atoms with Crippen LogP contribution >= 0.6 is 11.6 Å². The molecule has 3 N–H and O–H groups in total. The number of hydrogen-bond acceptors (Lipinski definition) is 8. The maximum absolute atomic E-state index is 12.2. The highest BCUT2D eigenvalue weighted by Crippen LogP contribution is 2.29. The van der Waals surface area contributed by atoms with E-state index in [1.807, 2.05) is 31.7 Å². The van der Waals surface area contributed by atoms with Crippen LogP contribution in [-0.4, -0.2) is 66.8 Å². The van der Waals surface area contributed by atoms with Gasteiger partial charge in [0.2, 0.25) is 5.95 Å². The van der Waals surface area contributed by atoms with Gasteiger partial charge >= 0.3 is 6.09 Å². The normalized spacial score (nSPS) is 15.3. The second kappa shape index (κ2) is 10.1. The quantitative estimate of drug-likeness (QED) is 0.587. The van der Waals surface area contributed by atoms with E-state index >= 15 is 0 Å². The number of morpholine rings is 1. The number of alkyl carbamates (subject to hydrolysis) is 1. The van der Waals surface area contributed by atoms with Crippen molar-refractivity contribution in [3.63, 3.8) is 0 Å². The van der Waals surface area contributed by atoms with Crippen LogP contribution in [0.5, 0.6) is 5.75 Å². The van der Waals surface area contributed by atoms with E-state index in [2.05, 4.69) is 25.8 Å². The van der Waals surface area contributed by atoms with Crippen LogP contribution in [0, 0.1) is 0 Å². The van der Waals surface area contributed by atoms with Crippen LogP contribution < -0.4 is 20.3 Å². The number of amides is 1. The number of nitrogens with one attached hydrogen (secondary N) is 3. The Bertz CT molecular complexity index is 879. The van der Waals surface area contributed by atoms with Gasteiger partial charge in [-0.15, -0.1) is 5.10 Å². The molecule has 0 spiro atoms. The van der Waals surface area contributed by atoms with Crippen LogP contribution in [0.3, 0.4) is 0 Å². The van der Waals surface area contributed by atoms with E-state index < -0.39 is 17.7 Å². The zero-order valence-electron chi connectivity index (χ0n) is 18.2. The lowest BCUT2D eigenvalue weighted by Crippen LogP contribution is -2.37. The molecule has 11 heteroatoms. The second-order valence-electron chi connectivity index (χ2n) is 8.05. The van der Waals surface area contributed by atoms with Crippen molar-refractivity contribution in [2.75, 3.05) is 50.2 Å². The molecule has 2 aromatic rings. The van der Waals surface area contributed by atoms with Gasteiger partial charge in [-0.05, 0) is 32.9 Å². The first kappa shape index (κ1) is 23.0. The summed E-state index contributed by atoms with van der Waals surface area (Å²) < 4.78 is 16.0. The van der Waals surface area contributed by atoms with Gasteiger partial charge < -0.3 is 29.7 Å². The molecule has 31 heavy (non-hydrogen) atoms. The third kappa shape index (κ3) is 6.63. The zero-order chi connectivity index (χ0) is 22.4. The van der Waals surface area contributed by atoms with Gasteiger partial charge in [-0.3, -0.25) is 5.10 Å². The predicted molar refractivity (Wildman–Crippen MR) is 118 cm³/mol. The number of benzene rings is 1. The Morgan fingerprint density at radius 3 is 2.77 bits per heavy atom. The van der Waals surface area contributed by atoms with E-state index in [1.54, 1.807) is 19.2 Å². The molecular formula is C20H29ClN6O4. The van der Waals surface area contributed by atoms with Crippen LogP contribution in [0.25, 0.3) is 0 Å². The van der Waals surface area contributed by atoms with Crippen LogP contribution in [-0.2, 0) is 9.47 Å². The van der Waals surface area contributed by atoms with Gasteiger partial charge in [0.1, 0.15) is 17.4 Å². The number of rotatable bonds is 7. The SMILES string of the molecule is COc1cc(NC(CNC(=O)OC(C)(C)C)c2nc(N3CCOCC3)n[nH]2)ccc1Cl. The Morgan fingerprint density at radius 2 is 2.10 bits per heavy atom. The first-order valence-corrected chi connectivity index (χ1v) is 10.4. The Hall–Kier alpha value is -2.72. The van der Waals surface area contributed by atoms with Crippen molar-refractivity contribution < 1.29 is 19.0 Å². The number of methoxy groups -OCH3 is 1. The molecule has 1 amide bonds. The van der Waals surface area contributed by atoms with Crippen molar-refractivity contribution in [2.45, 2.75) is 32.4 Å². The molecule has 1 aromatic carbocycles. The fraction of sp³-hybridized carbons (Fsp3) is 0.550. The molecule has 2 heterocycles. The van der Waals surface area contributed by atoms with Crippen molar-refractivity contribution >= 4 is 29.3 Å². The molecule has 1 unspecified atom stereocenters. The number of carbonyl (C=O) groups excluding carboxylic acids is 1. The highest BCUT2D eigenvalue weighted by atomic mass is 35.5. The molecule has 3 rings (SSSR count). The zero-order valence-corrected chi connectivity index (χ0v) is 19.0. The van der Waals surface area contributed by atoms with Crippen molar-refractivity contribution in [2.24, 2.45) is 0 Å². The molecular weight excluding hydrogens is 424 g/mol. The number of hydrogen-bond donors (Lipinski definition) is 3. The molecule has 1 fully saturated rings. The smallest absolute Gasteiger partial charge is 0.407 e. The maximum Gasteiger partial charge on any atom is 0.407 e. The van der Waals surface area contributed by atoms with Gasteiger partial charge in [0, 0.05) is 31.4 Å². The van der Waals surface area contributed by atoms with Gasteiger partial charge in [0.05, 0.1) is 25.3 Å². The number of H-pyrrole nitrogens is 1. The van der Waals surface area contributed by atoms with Crippen molar-refractivity contribution in [3.05, 3.63) is 29.0 Å². The van der Waals surface area contributed by atoms with Crippen LogP contribution in [0.1, 0.15) is 32.6 Å². The lowest BCUT2D eigenvalue weighted by molar-refractivity contribution is 0.0525. The molecule has 1 aliphatic rings. The van der Waals surface area contributed by atoms with Gasteiger partial charge in [-0.25, -0.2) is 4.79 Å². The minimum atomic E-state index is -0.591. The number of nitrogens with zero attached hydrogens (tertiary/aromatic N) is 3. The summed E-state index contributed by atoms with van der Waals surface area (Å²) in [5.41, 5.74) is 0.160. The van der Waals surface area contributed by atoms with Crippen LogP contribution in [0.4, 0.5) is 16.4 Å². The summed E-state index contributed by atoms with van der Waals surface area (Å²) in [5.74, 6) is 1.71. The Kier molecular flexibility index (Phi) is 7.45. The lowest BCUT2D eigenvalue weighted by atomic mass is 10.2. The van der Waals surface area contributed by atoms with Gasteiger partial charge in [0.25, 0.3) is 0 Å². The highest BCUT2D eigenvalue weighted by molar-refractivity contribution is 6.32. The van der Waals surface area contributed by atoms with Crippen LogP contribution in [0.15, 0.2) is 18.2 Å². The molecule has 170 valence electrons. The molecule has 1 saturated heterocycles. The monoisotopic (exact) mass is 452 g/mol. The largest absolute Gasteiger partial charge is 0.495 e. The molecule has 0 saturated carbocycles. The number of aromatic nitrogens is 3. The number of anilines is 2. The third-order valence-corrected chi connectivity index (χ3v) is 4.77. The van der Waals surface area contributed by atoms with E-state index in [0.717, 1.165) is 18.8 Å². The van der Waals surface area contributed by atoms with E-state index in [4.69, 9.17) is 25.8 Å². The summed E-state index contributed by atoms with van der Waals surface area (Å²) >= 11 is 6.13. The minimum absolute atomic E-state index is 0.220. The number of aromatic amines is 1. The molecule has 10 nitrogen and oxygen atoms in total. The molecule has 1 atom stereocenters. The van der Waals surface area contributed by atoms with Gasteiger partial charge in [-0.1, -0.05) is 11.6 Å². The Morgan fingerprint density at radius 1 is 1.35 bits per heavy atom. The summed E-state index contributed by atoms with van der Waals surface area (Å²) in [6, 6.07) is 4.94. The van der Waals surface area contributed by atoms with E-state index in [0.29, 0.717) is 35.8 Å². The number of ether oxygens (including phenoxy) is 3. The fourth-order valence-corrected chi connectivity index (χ4v) is 3.19. The highest BCUT2D eigenvalue weighted by Gasteiger charge is 2.23. The average molecular weight is 453 g/mol. The molecule has 0 aliphatic carbocycles. The Balaban J connectivity index is 1.77. The average Bonchev–Trinajstić information content (AvgIpc) is 3.22. The summed E-state index contributed by atoms with van der Waals surface area (Å²) in [5, 5.41) is 14.0. The first-order valence-electron chi connectivity index (χ1n) is 10.1.